The molecule has 2 amide bonds. The lowest BCUT2D eigenvalue weighted by Gasteiger charge is -2.31. The van der Waals surface area contributed by atoms with Gasteiger partial charge in [-0.2, -0.15) is 0 Å². The monoisotopic (exact) mass is 301 g/mol. The first-order valence-electron chi connectivity index (χ1n) is 8.00. The van der Waals surface area contributed by atoms with Gasteiger partial charge in [-0.3, -0.25) is 14.5 Å². The Morgan fingerprint density at radius 3 is 2.50 bits per heavy atom. The van der Waals surface area contributed by atoms with Crippen molar-refractivity contribution in [2.75, 3.05) is 31.1 Å². The maximum atomic E-state index is 12.8. The standard InChI is InChI=1S/C17H23N3O2/c1-12(2)13-5-3-4-6-14(13)20-16(21)11-15(17(20)22)19-9-7-18-8-10-19/h3-6,12,15,18H,7-11H2,1-2H3. The van der Waals surface area contributed by atoms with E-state index in [4.69, 9.17) is 0 Å². The normalized spacial score (nSPS) is 23.6. The summed E-state index contributed by atoms with van der Waals surface area (Å²) in [5, 5.41) is 3.28. The van der Waals surface area contributed by atoms with Gasteiger partial charge in [0.1, 0.15) is 0 Å². The zero-order chi connectivity index (χ0) is 15.7. The molecule has 0 aromatic heterocycles. The Kier molecular flexibility index (Phi) is 4.27. The predicted octanol–water partition coefficient (Wildman–Crippen LogP) is 1.35. The number of anilines is 1. The lowest BCUT2D eigenvalue weighted by atomic mass is 10.0. The van der Waals surface area contributed by atoms with Crippen molar-refractivity contribution in [3.63, 3.8) is 0 Å². The maximum absolute atomic E-state index is 12.8. The van der Waals surface area contributed by atoms with Crippen LogP contribution in [0.15, 0.2) is 24.3 Å². The van der Waals surface area contributed by atoms with Gasteiger partial charge in [-0.05, 0) is 17.5 Å². The molecule has 5 heteroatoms. The third kappa shape index (κ3) is 2.66. The van der Waals surface area contributed by atoms with E-state index in [1.165, 1.54) is 4.90 Å². The van der Waals surface area contributed by atoms with E-state index in [0.29, 0.717) is 6.42 Å². The van der Waals surface area contributed by atoms with Gasteiger partial charge in [-0.25, -0.2) is 4.90 Å². The smallest absolute Gasteiger partial charge is 0.251 e. The molecule has 1 N–H and O–H groups in total. The molecule has 5 nitrogen and oxygen atoms in total. The first-order chi connectivity index (χ1) is 10.6. The number of imide groups is 1. The minimum atomic E-state index is -0.296. The van der Waals surface area contributed by atoms with Gasteiger partial charge in [-0.15, -0.1) is 0 Å². The minimum Gasteiger partial charge on any atom is -0.314 e. The Morgan fingerprint density at radius 2 is 1.82 bits per heavy atom. The molecule has 2 fully saturated rings. The molecule has 1 unspecified atom stereocenters. The Balaban J connectivity index is 1.89. The fraction of sp³-hybridized carbons (Fsp3) is 0.529. The summed E-state index contributed by atoms with van der Waals surface area (Å²) in [4.78, 5) is 28.8. The minimum absolute atomic E-state index is 0.0694. The highest BCUT2D eigenvalue weighted by Gasteiger charge is 2.43. The molecule has 0 radical (unpaired) electrons. The highest BCUT2D eigenvalue weighted by atomic mass is 16.2. The number of piperazine rings is 1. The summed E-state index contributed by atoms with van der Waals surface area (Å²) in [7, 11) is 0. The van der Waals surface area contributed by atoms with Gasteiger partial charge in [-0.1, -0.05) is 32.0 Å². The number of hydrogen-bond acceptors (Lipinski definition) is 4. The highest BCUT2D eigenvalue weighted by molar-refractivity contribution is 6.22. The van der Waals surface area contributed by atoms with Crippen molar-refractivity contribution < 1.29 is 9.59 Å². The van der Waals surface area contributed by atoms with Gasteiger partial charge in [0, 0.05) is 26.2 Å². The van der Waals surface area contributed by atoms with Crippen molar-refractivity contribution in [1.82, 2.24) is 10.2 Å². The van der Waals surface area contributed by atoms with E-state index in [1.807, 2.05) is 24.3 Å². The van der Waals surface area contributed by atoms with Crippen LogP contribution in [0.1, 0.15) is 31.7 Å². The molecule has 0 spiro atoms. The fourth-order valence-corrected chi connectivity index (χ4v) is 3.33. The molecule has 1 aromatic carbocycles. The summed E-state index contributed by atoms with van der Waals surface area (Å²) in [6.07, 6.45) is 0.297. The first kappa shape index (κ1) is 15.2. The van der Waals surface area contributed by atoms with Crippen LogP contribution >= 0.6 is 0 Å². The van der Waals surface area contributed by atoms with Crippen LogP contribution in [0.4, 0.5) is 5.69 Å². The fourth-order valence-electron chi connectivity index (χ4n) is 3.33. The van der Waals surface area contributed by atoms with Gasteiger partial charge in [0.25, 0.3) is 5.91 Å². The second kappa shape index (κ2) is 6.18. The van der Waals surface area contributed by atoms with E-state index in [1.54, 1.807) is 0 Å². The summed E-state index contributed by atoms with van der Waals surface area (Å²) in [6, 6.07) is 7.43. The largest absolute Gasteiger partial charge is 0.314 e. The van der Waals surface area contributed by atoms with Gasteiger partial charge < -0.3 is 5.32 Å². The molecule has 0 aliphatic carbocycles. The number of para-hydroxylation sites is 1. The van der Waals surface area contributed by atoms with Crippen LogP contribution in [-0.2, 0) is 9.59 Å². The molecular formula is C17H23N3O2. The van der Waals surface area contributed by atoms with Crippen LogP contribution in [0.2, 0.25) is 0 Å². The first-order valence-corrected chi connectivity index (χ1v) is 8.00. The third-order valence-electron chi connectivity index (χ3n) is 4.51. The quantitative estimate of drug-likeness (QED) is 0.856. The van der Waals surface area contributed by atoms with E-state index in [0.717, 1.165) is 37.4 Å². The number of carbonyl (C=O) groups excluding carboxylic acids is 2. The molecule has 2 saturated heterocycles. The Bertz CT molecular complexity index is 579. The molecule has 2 aliphatic rings. The topological polar surface area (TPSA) is 52.7 Å². The van der Waals surface area contributed by atoms with E-state index < -0.39 is 0 Å². The Labute approximate surface area is 131 Å². The van der Waals surface area contributed by atoms with Gasteiger partial charge in [0.2, 0.25) is 5.91 Å². The van der Waals surface area contributed by atoms with Gasteiger partial charge >= 0.3 is 0 Å². The van der Waals surface area contributed by atoms with Crippen molar-refractivity contribution in [2.24, 2.45) is 0 Å². The second-order valence-electron chi connectivity index (χ2n) is 6.29. The summed E-state index contributed by atoms with van der Waals surface area (Å²) >= 11 is 0. The summed E-state index contributed by atoms with van der Waals surface area (Å²) in [6.45, 7) is 7.56. The van der Waals surface area contributed by atoms with Crippen LogP contribution < -0.4 is 10.2 Å². The third-order valence-corrected chi connectivity index (χ3v) is 4.51. The molecule has 0 bridgehead atoms. The van der Waals surface area contributed by atoms with Crippen LogP contribution in [0.5, 0.6) is 0 Å². The summed E-state index contributed by atoms with van der Waals surface area (Å²) in [5.41, 5.74) is 1.80. The van der Waals surface area contributed by atoms with Crippen LogP contribution in [-0.4, -0.2) is 48.9 Å². The SMILES string of the molecule is CC(C)c1ccccc1N1C(=O)CC(N2CCNCC2)C1=O. The molecule has 22 heavy (non-hydrogen) atoms. The molecule has 2 heterocycles. The molecule has 118 valence electrons. The van der Waals surface area contributed by atoms with E-state index in [9.17, 15) is 9.59 Å². The van der Waals surface area contributed by atoms with Gasteiger partial charge in [0.15, 0.2) is 0 Å². The summed E-state index contributed by atoms with van der Waals surface area (Å²) < 4.78 is 0. The lowest BCUT2D eigenvalue weighted by Crippen LogP contribution is -2.51. The zero-order valence-corrected chi connectivity index (χ0v) is 13.2. The maximum Gasteiger partial charge on any atom is 0.251 e. The molecule has 1 atom stereocenters. The highest BCUT2D eigenvalue weighted by Crippen LogP contribution is 2.32. The number of benzene rings is 1. The second-order valence-corrected chi connectivity index (χ2v) is 6.29. The predicted molar refractivity (Wildman–Crippen MR) is 85.9 cm³/mol. The number of nitrogens with one attached hydrogen (secondary N) is 1. The summed E-state index contributed by atoms with van der Waals surface area (Å²) in [5.74, 6) is 0.122. The van der Waals surface area contributed by atoms with Crippen LogP contribution in [0.3, 0.4) is 0 Å². The Morgan fingerprint density at radius 1 is 1.14 bits per heavy atom. The van der Waals surface area contributed by atoms with Crippen molar-refractivity contribution in [3.05, 3.63) is 29.8 Å². The molecular weight excluding hydrogens is 278 g/mol. The van der Waals surface area contributed by atoms with Crippen molar-refractivity contribution in [1.29, 1.82) is 0 Å². The van der Waals surface area contributed by atoms with Crippen molar-refractivity contribution in [2.45, 2.75) is 32.2 Å². The van der Waals surface area contributed by atoms with Crippen molar-refractivity contribution in [3.8, 4) is 0 Å². The molecule has 3 rings (SSSR count). The average Bonchev–Trinajstić information content (AvgIpc) is 2.83. The molecule has 1 aromatic rings. The number of amides is 2. The number of hydrogen-bond donors (Lipinski definition) is 1. The van der Waals surface area contributed by atoms with Crippen LogP contribution in [0.25, 0.3) is 0 Å². The zero-order valence-electron chi connectivity index (χ0n) is 13.2. The van der Waals surface area contributed by atoms with Crippen molar-refractivity contribution >= 4 is 17.5 Å². The van der Waals surface area contributed by atoms with E-state index >= 15 is 0 Å². The average molecular weight is 301 g/mol. The van der Waals surface area contributed by atoms with E-state index in [-0.39, 0.29) is 23.8 Å². The molecule has 0 saturated carbocycles. The van der Waals surface area contributed by atoms with E-state index in [2.05, 4.69) is 24.1 Å². The number of rotatable bonds is 3. The van der Waals surface area contributed by atoms with Crippen LogP contribution in [0, 0.1) is 0 Å². The van der Waals surface area contributed by atoms with Gasteiger partial charge in [0.05, 0.1) is 18.2 Å². The number of nitrogens with zero attached hydrogens (tertiary/aromatic N) is 2. The molecule has 2 aliphatic heterocycles. The number of carbonyl (C=O) groups is 2. The Hall–Kier alpha value is -1.72. The lowest BCUT2D eigenvalue weighted by molar-refractivity contribution is -0.123.